The smallest absolute Gasteiger partial charge is 0.150 e. The van der Waals surface area contributed by atoms with Crippen LogP contribution in [-0.4, -0.2) is 56.9 Å². The van der Waals surface area contributed by atoms with Gasteiger partial charge in [-0.1, -0.05) is 6.92 Å². The Morgan fingerprint density at radius 3 is 2.48 bits per heavy atom. The minimum absolute atomic E-state index is 0.381. The number of ether oxygens (including phenoxy) is 1. The third-order valence-corrected chi connectivity index (χ3v) is 3.37. The molecule has 1 aliphatic rings. The van der Waals surface area contributed by atoms with Crippen LogP contribution in [0.5, 0.6) is 5.75 Å². The van der Waals surface area contributed by atoms with Crippen molar-refractivity contribution in [1.82, 2.24) is 4.90 Å². The molecule has 0 saturated carbocycles. The largest absolute Gasteiger partial charge is 0.491 e. The van der Waals surface area contributed by atoms with Crippen LogP contribution in [0.1, 0.15) is 13.3 Å². The first-order chi connectivity index (χ1) is 10.2. The molecule has 0 aromatic heterocycles. The Morgan fingerprint density at radius 2 is 1.90 bits per heavy atom. The molecule has 6 nitrogen and oxygen atoms in total. The van der Waals surface area contributed by atoms with E-state index >= 15 is 0 Å². The summed E-state index contributed by atoms with van der Waals surface area (Å²) in [5.41, 5.74) is 1.48. The number of piperazine rings is 1. The lowest BCUT2D eigenvalue weighted by Gasteiger charge is -2.34. The van der Waals surface area contributed by atoms with Gasteiger partial charge in [-0.25, -0.2) is 0 Å². The van der Waals surface area contributed by atoms with Crippen LogP contribution in [-0.2, 0) is 0 Å². The van der Waals surface area contributed by atoms with Crippen LogP contribution in [0.2, 0.25) is 0 Å². The van der Waals surface area contributed by atoms with Crippen LogP contribution in [0.25, 0.3) is 0 Å². The molecule has 0 bridgehead atoms. The monoisotopic (exact) mass is 295 g/mol. The fraction of sp³-hybridized carbons (Fsp3) is 0.600. The van der Waals surface area contributed by atoms with Crippen molar-refractivity contribution in [1.29, 1.82) is 0 Å². The van der Waals surface area contributed by atoms with Crippen molar-refractivity contribution in [3.8, 4) is 5.75 Å². The predicted octanol–water partition coefficient (Wildman–Crippen LogP) is 2.23. The van der Waals surface area contributed by atoms with E-state index in [9.17, 15) is 4.91 Å². The summed E-state index contributed by atoms with van der Waals surface area (Å²) in [4.78, 5) is 15.4. The SMILES string of the molecule is CCCOc1cc(N2CCN(C)CC2)ccc1N=O.CO. The van der Waals surface area contributed by atoms with Crippen LogP contribution in [0.15, 0.2) is 23.4 Å². The molecule has 0 radical (unpaired) electrons. The number of aliphatic hydroxyl groups excluding tert-OH is 1. The second kappa shape index (κ2) is 9.31. The summed E-state index contributed by atoms with van der Waals surface area (Å²) in [6.45, 7) is 6.75. The summed E-state index contributed by atoms with van der Waals surface area (Å²) in [7, 11) is 3.13. The number of rotatable bonds is 5. The summed E-state index contributed by atoms with van der Waals surface area (Å²) in [6, 6.07) is 5.62. The Hall–Kier alpha value is -1.66. The molecule has 0 unspecified atom stereocenters. The molecule has 21 heavy (non-hydrogen) atoms. The Balaban J connectivity index is 0.00000106. The zero-order valence-corrected chi connectivity index (χ0v) is 13.1. The van der Waals surface area contributed by atoms with Gasteiger partial charge in [-0.2, -0.15) is 0 Å². The molecular formula is C15H25N3O3. The molecule has 6 heteroatoms. The molecule has 0 aliphatic carbocycles. The number of anilines is 1. The molecule has 1 N–H and O–H groups in total. The van der Waals surface area contributed by atoms with Gasteiger partial charge < -0.3 is 19.6 Å². The quantitative estimate of drug-likeness (QED) is 0.844. The number of aliphatic hydroxyl groups is 1. The maximum absolute atomic E-state index is 10.8. The van der Waals surface area contributed by atoms with E-state index in [0.717, 1.165) is 45.4 Å². The number of benzene rings is 1. The number of nitrogens with zero attached hydrogens (tertiary/aromatic N) is 3. The first-order valence-corrected chi connectivity index (χ1v) is 7.23. The lowest BCUT2D eigenvalue weighted by Crippen LogP contribution is -2.44. The van der Waals surface area contributed by atoms with Crippen molar-refractivity contribution in [3.63, 3.8) is 0 Å². The maximum Gasteiger partial charge on any atom is 0.150 e. The third-order valence-electron chi connectivity index (χ3n) is 3.37. The zero-order chi connectivity index (χ0) is 15.7. The van der Waals surface area contributed by atoms with Gasteiger partial charge in [0.05, 0.1) is 6.61 Å². The fourth-order valence-electron chi connectivity index (χ4n) is 2.17. The second-order valence-electron chi connectivity index (χ2n) is 4.88. The molecule has 1 aromatic carbocycles. The van der Waals surface area contributed by atoms with Crippen LogP contribution >= 0.6 is 0 Å². The van der Waals surface area contributed by atoms with E-state index in [4.69, 9.17) is 9.84 Å². The Labute approximate surface area is 126 Å². The average Bonchev–Trinajstić information content (AvgIpc) is 2.55. The number of hydrogen-bond acceptors (Lipinski definition) is 6. The standard InChI is InChI=1S/C14H21N3O2.CH4O/c1-3-10-19-14-11-12(4-5-13(14)15-18)17-8-6-16(2)7-9-17;1-2/h4-5,11H,3,6-10H2,1-2H3;2H,1H3. The minimum Gasteiger partial charge on any atom is -0.491 e. The van der Waals surface area contributed by atoms with Crippen LogP contribution in [0.3, 0.4) is 0 Å². The van der Waals surface area contributed by atoms with Crippen LogP contribution < -0.4 is 9.64 Å². The molecular weight excluding hydrogens is 270 g/mol. The van der Waals surface area contributed by atoms with E-state index in [2.05, 4.69) is 22.0 Å². The van der Waals surface area contributed by atoms with Gasteiger partial charge in [-0.3, -0.25) is 0 Å². The maximum atomic E-state index is 10.8. The normalized spacial score (nSPS) is 15.1. The molecule has 0 atom stereocenters. The second-order valence-corrected chi connectivity index (χ2v) is 4.88. The lowest BCUT2D eigenvalue weighted by atomic mass is 10.2. The number of nitroso groups, excluding NO2 is 1. The van der Waals surface area contributed by atoms with E-state index in [1.807, 2.05) is 19.1 Å². The summed E-state index contributed by atoms with van der Waals surface area (Å²) < 4.78 is 5.60. The number of hydrogen-bond donors (Lipinski definition) is 1. The van der Waals surface area contributed by atoms with Crippen molar-refractivity contribution in [2.45, 2.75) is 13.3 Å². The average molecular weight is 295 g/mol. The van der Waals surface area contributed by atoms with Crippen LogP contribution in [0, 0.1) is 4.91 Å². The van der Waals surface area contributed by atoms with Gasteiger partial charge in [0.2, 0.25) is 0 Å². The lowest BCUT2D eigenvalue weighted by molar-refractivity contribution is 0.310. The van der Waals surface area contributed by atoms with E-state index in [-0.39, 0.29) is 0 Å². The van der Waals surface area contributed by atoms with Crippen LogP contribution in [0.4, 0.5) is 11.4 Å². The van der Waals surface area contributed by atoms with E-state index in [1.54, 1.807) is 6.07 Å². The van der Waals surface area contributed by atoms with E-state index in [1.165, 1.54) is 0 Å². The van der Waals surface area contributed by atoms with Crippen molar-refractivity contribution in [2.75, 3.05) is 51.8 Å². The molecule has 1 fully saturated rings. The summed E-state index contributed by atoms with van der Waals surface area (Å²) >= 11 is 0. The number of likely N-dealkylation sites (N-methyl/N-ethyl adjacent to an activating group) is 1. The first kappa shape index (κ1) is 17.4. The molecule has 1 aliphatic heterocycles. The molecule has 2 rings (SSSR count). The third kappa shape index (κ3) is 4.99. The highest BCUT2D eigenvalue weighted by Gasteiger charge is 2.16. The van der Waals surface area contributed by atoms with Gasteiger partial charge >= 0.3 is 0 Å². The van der Waals surface area contributed by atoms with E-state index < -0.39 is 0 Å². The molecule has 1 saturated heterocycles. The Bertz CT molecular complexity index is 432. The summed E-state index contributed by atoms with van der Waals surface area (Å²) in [6.07, 6.45) is 0.914. The van der Waals surface area contributed by atoms with Crippen molar-refractivity contribution < 1.29 is 9.84 Å². The topological polar surface area (TPSA) is 65.4 Å². The molecule has 0 amide bonds. The molecule has 0 spiro atoms. The molecule has 1 aromatic rings. The van der Waals surface area contributed by atoms with Crippen molar-refractivity contribution >= 4 is 11.4 Å². The van der Waals surface area contributed by atoms with Gasteiger partial charge in [0.1, 0.15) is 5.69 Å². The van der Waals surface area contributed by atoms with Crippen molar-refractivity contribution in [2.24, 2.45) is 5.18 Å². The fourth-order valence-corrected chi connectivity index (χ4v) is 2.17. The van der Waals surface area contributed by atoms with Gasteiger partial charge in [0, 0.05) is 45.0 Å². The van der Waals surface area contributed by atoms with E-state index in [0.29, 0.717) is 18.0 Å². The Morgan fingerprint density at radius 1 is 1.24 bits per heavy atom. The highest BCUT2D eigenvalue weighted by Crippen LogP contribution is 2.32. The summed E-state index contributed by atoms with van der Waals surface area (Å²) in [5.74, 6) is 0.591. The molecule has 118 valence electrons. The highest BCUT2D eigenvalue weighted by molar-refractivity contribution is 5.62. The zero-order valence-electron chi connectivity index (χ0n) is 13.1. The van der Waals surface area contributed by atoms with Crippen molar-refractivity contribution in [3.05, 3.63) is 23.1 Å². The predicted molar refractivity (Wildman–Crippen MR) is 85.5 cm³/mol. The van der Waals surface area contributed by atoms with Gasteiger partial charge in [-0.15, -0.1) is 4.91 Å². The Kier molecular flexibility index (Phi) is 7.71. The molecule has 1 heterocycles. The minimum atomic E-state index is 0.381. The summed E-state index contributed by atoms with van der Waals surface area (Å²) in [5, 5.41) is 10.0. The van der Waals surface area contributed by atoms with Gasteiger partial charge in [0.25, 0.3) is 0 Å². The van der Waals surface area contributed by atoms with Gasteiger partial charge in [0.15, 0.2) is 5.75 Å². The highest BCUT2D eigenvalue weighted by atomic mass is 16.5. The first-order valence-electron chi connectivity index (χ1n) is 7.23. The van der Waals surface area contributed by atoms with Gasteiger partial charge in [-0.05, 0) is 30.8 Å².